The van der Waals surface area contributed by atoms with Crippen LogP contribution in [0.15, 0.2) is 30.3 Å². The van der Waals surface area contributed by atoms with Crippen molar-refractivity contribution in [3.8, 4) is 0 Å². The molecule has 70 valence electrons. The van der Waals surface area contributed by atoms with E-state index < -0.39 is 5.91 Å². The zero-order valence-electron chi connectivity index (χ0n) is 7.35. The van der Waals surface area contributed by atoms with Crippen LogP contribution in [0, 0.1) is 0 Å². The van der Waals surface area contributed by atoms with Crippen LogP contribution in [0.4, 0.5) is 5.69 Å². The summed E-state index contributed by atoms with van der Waals surface area (Å²) in [6.45, 7) is 0.705. The van der Waals surface area contributed by atoms with Crippen molar-refractivity contribution in [3.63, 3.8) is 0 Å². The molecule has 1 fully saturated rings. The van der Waals surface area contributed by atoms with Gasteiger partial charge in [0, 0.05) is 18.7 Å². The Labute approximate surface area is 77.2 Å². The van der Waals surface area contributed by atoms with E-state index in [0.29, 0.717) is 13.0 Å². The lowest BCUT2D eigenvalue weighted by atomic mass is 10.3. The van der Waals surface area contributed by atoms with E-state index in [2.05, 4.69) is 0 Å². The van der Waals surface area contributed by atoms with E-state index in [1.54, 1.807) is 4.90 Å². The summed E-state index contributed by atoms with van der Waals surface area (Å²) >= 11 is 0. The lowest BCUT2D eigenvalue weighted by Gasteiger charge is -2.29. The molecule has 0 aliphatic carbocycles. The first kappa shape index (κ1) is 8.53. The van der Waals surface area contributed by atoms with E-state index in [-0.39, 0.29) is 0 Å². The molecule has 1 aliphatic rings. The minimum Gasteiger partial charge on any atom is -0.349 e. The third-order valence-electron chi connectivity index (χ3n) is 2.39. The Morgan fingerprint density at radius 1 is 1.15 bits per heavy atom. The molecule has 0 spiro atoms. The minimum absolute atomic E-state index is 0.419. The van der Waals surface area contributed by atoms with Gasteiger partial charge in [0.2, 0.25) is 5.91 Å². The Morgan fingerprint density at radius 2 is 1.85 bits per heavy atom. The van der Waals surface area contributed by atoms with Crippen LogP contribution in [-0.2, 0) is 0 Å². The maximum atomic E-state index is 9.59. The number of hydrogen-bond donors (Lipinski definition) is 2. The van der Waals surface area contributed by atoms with Gasteiger partial charge in [0.1, 0.15) is 0 Å². The summed E-state index contributed by atoms with van der Waals surface area (Å²) in [6.07, 6.45) is 1.24. The van der Waals surface area contributed by atoms with Crippen LogP contribution < -0.4 is 4.90 Å². The van der Waals surface area contributed by atoms with Crippen LogP contribution in [-0.4, -0.2) is 22.7 Å². The molecule has 1 heterocycles. The molecule has 0 atom stereocenters. The third kappa shape index (κ3) is 1.53. The zero-order chi connectivity index (χ0) is 9.31. The van der Waals surface area contributed by atoms with E-state index in [4.69, 9.17) is 0 Å². The molecule has 2 N–H and O–H groups in total. The van der Waals surface area contributed by atoms with Crippen molar-refractivity contribution >= 4 is 5.69 Å². The first-order valence-corrected chi connectivity index (χ1v) is 4.47. The predicted molar refractivity (Wildman–Crippen MR) is 50.2 cm³/mol. The third-order valence-corrected chi connectivity index (χ3v) is 2.39. The van der Waals surface area contributed by atoms with E-state index >= 15 is 0 Å². The Kier molecular flexibility index (Phi) is 1.98. The normalized spacial score (nSPS) is 20.6. The molecular formula is C10H13NO2. The molecule has 3 nitrogen and oxygen atoms in total. The van der Waals surface area contributed by atoms with Crippen LogP contribution in [0.3, 0.4) is 0 Å². The molecule has 1 aromatic rings. The van der Waals surface area contributed by atoms with Gasteiger partial charge in [-0.15, -0.1) is 0 Å². The van der Waals surface area contributed by atoms with E-state index in [1.165, 1.54) is 0 Å². The van der Waals surface area contributed by atoms with E-state index in [9.17, 15) is 10.2 Å². The van der Waals surface area contributed by atoms with Crippen LogP contribution in [0.5, 0.6) is 0 Å². The predicted octanol–water partition coefficient (Wildman–Crippen LogP) is 0.925. The van der Waals surface area contributed by atoms with Gasteiger partial charge in [0.15, 0.2) is 0 Å². The van der Waals surface area contributed by atoms with E-state index in [0.717, 1.165) is 12.1 Å². The van der Waals surface area contributed by atoms with Crippen molar-refractivity contribution in [2.45, 2.75) is 18.8 Å². The Morgan fingerprint density at radius 3 is 2.38 bits per heavy atom. The topological polar surface area (TPSA) is 43.7 Å². The van der Waals surface area contributed by atoms with Gasteiger partial charge in [-0.2, -0.15) is 0 Å². The molecule has 3 heteroatoms. The van der Waals surface area contributed by atoms with Gasteiger partial charge in [0.25, 0.3) is 0 Å². The van der Waals surface area contributed by atoms with Gasteiger partial charge in [-0.25, -0.2) is 0 Å². The van der Waals surface area contributed by atoms with Gasteiger partial charge in [-0.3, -0.25) is 0 Å². The van der Waals surface area contributed by atoms with Crippen molar-refractivity contribution in [1.29, 1.82) is 0 Å². The fraction of sp³-hybridized carbons (Fsp3) is 0.400. The Hall–Kier alpha value is -1.06. The summed E-state index contributed by atoms with van der Waals surface area (Å²) in [5.74, 6) is -1.65. The molecule has 1 aliphatic heterocycles. The number of rotatable bonds is 1. The second-order valence-electron chi connectivity index (χ2n) is 3.37. The van der Waals surface area contributed by atoms with Crippen molar-refractivity contribution < 1.29 is 10.2 Å². The van der Waals surface area contributed by atoms with Crippen LogP contribution in [0.1, 0.15) is 12.8 Å². The van der Waals surface area contributed by atoms with Gasteiger partial charge in [-0.05, 0) is 18.6 Å². The van der Waals surface area contributed by atoms with Crippen LogP contribution in [0.2, 0.25) is 0 Å². The molecule has 2 rings (SSSR count). The highest BCUT2D eigenvalue weighted by Gasteiger charge is 2.36. The fourth-order valence-electron chi connectivity index (χ4n) is 1.73. The van der Waals surface area contributed by atoms with Crippen LogP contribution in [0.25, 0.3) is 0 Å². The lowest BCUT2D eigenvalue weighted by Crippen LogP contribution is -2.43. The summed E-state index contributed by atoms with van der Waals surface area (Å²) in [6, 6.07) is 9.46. The van der Waals surface area contributed by atoms with Crippen LogP contribution >= 0.6 is 0 Å². The molecule has 0 saturated carbocycles. The molecule has 0 radical (unpaired) electrons. The summed E-state index contributed by atoms with van der Waals surface area (Å²) < 4.78 is 0. The number of nitrogens with zero attached hydrogens (tertiary/aromatic N) is 1. The molecule has 0 unspecified atom stereocenters. The standard InChI is InChI=1S/C10H13NO2/c12-10(13)7-4-8-11(10)9-5-2-1-3-6-9/h1-3,5-6,12-13H,4,7-8H2. The zero-order valence-corrected chi connectivity index (χ0v) is 7.35. The van der Waals surface area contributed by atoms with Crippen molar-refractivity contribution in [3.05, 3.63) is 30.3 Å². The second kappa shape index (κ2) is 3.01. The summed E-state index contributed by atoms with van der Waals surface area (Å²) in [5, 5.41) is 19.2. The maximum Gasteiger partial charge on any atom is 0.246 e. The number of para-hydroxylation sites is 1. The number of benzene rings is 1. The number of aliphatic hydroxyl groups is 2. The summed E-state index contributed by atoms with van der Waals surface area (Å²) in [4.78, 5) is 1.62. The van der Waals surface area contributed by atoms with Gasteiger partial charge in [-0.1, -0.05) is 18.2 Å². The van der Waals surface area contributed by atoms with Crippen molar-refractivity contribution in [2.75, 3.05) is 11.4 Å². The summed E-state index contributed by atoms with van der Waals surface area (Å²) in [5.41, 5.74) is 0.866. The first-order chi connectivity index (χ1) is 6.20. The second-order valence-corrected chi connectivity index (χ2v) is 3.37. The highest BCUT2D eigenvalue weighted by Crippen LogP contribution is 2.29. The quantitative estimate of drug-likeness (QED) is 0.630. The molecule has 1 aromatic carbocycles. The fourth-order valence-corrected chi connectivity index (χ4v) is 1.73. The average molecular weight is 179 g/mol. The monoisotopic (exact) mass is 179 g/mol. The molecule has 13 heavy (non-hydrogen) atoms. The Bertz CT molecular complexity index is 284. The lowest BCUT2D eigenvalue weighted by molar-refractivity contribution is -0.149. The van der Waals surface area contributed by atoms with E-state index in [1.807, 2.05) is 30.3 Å². The minimum atomic E-state index is -1.65. The van der Waals surface area contributed by atoms with Gasteiger partial charge >= 0.3 is 0 Å². The van der Waals surface area contributed by atoms with Crippen molar-refractivity contribution in [2.24, 2.45) is 0 Å². The van der Waals surface area contributed by atoms with Gasteiger partial charge in [0.05, 0.1) is 0 Å². The average Bonchev–Trinajstić information content (AvgIpc) is 2.47. The number of hydrogen-bond acceptors (Lipinski definition) is 3. The highest BCUT2D eigenvalue weighted by molar-refractivity contribution is 5.48. The SMILES string of the molecule is OC1(O)CCCN1c1ccccc1. The highest BCUT2D eigenvalue weighted by atomic mass is 16.5. The Balaban J connectivity index is 2.27. The smallest absolute Gasteiger partial charge is 0.246 e. The molecule has 1 saturated heterocycles. The van der Waals surface area contributed by atoms with Gasteiger partial charge < -0.3 is 15.1 Å². The summed E-state index contributed by atoms with van der Waals surface area (Å²) in [7, 11) is 0. The molecule has 0 bridgehead atoms. The molecule has 0 amide bonds. The maximum absolute atomic E-state index is 9.59. The largest absolute Gasteiger partial charge is 0.349 e. The molecular weight excluding hydrogens is 166 g/mol. The van der Waals surface area contributed by atoms with Crippen molar-refractivity contribution in [1.82, 2.24) is 0 Å². The molecule has 0 aromatic heterocycles. The first-order valence-electron chi connectivity index (χ1n) is 4.47. The number of anilines is 1.